The Morgan fingerprint density at radius 2 is 0.676 bits per heavy atom. The van der Waals surface area contributed by atoms with Crippen molar-refractivity contribution in [2.24, 2.45) is 0 Å². The first-order chi connectivity index (χ1) is 32.2. The summed E-state index contributed by atoms with van der Waals surface area (Å²) < 4.78 is 55.4. The van der Waals surface area contributed by atoms with Crippen LogP contribution in [0.4, 0.5) is 0 Å². The van der Waals surface area contributed by atoms with Crippen LogP contribution >= 0.6 is 0 Å². The molecule has 0 radical (unpaired) electrons. The van der Waals surface area contributed by atoms with Gasteiger partial charge in [0, 0.05) is 0 Å². The number of rotatable bonds is 16. The molecule has 396 valence electrons. The molecule has 0 aromatic heterocycles. The molecule has 0 aromatic carbocycles. The minimum absolute atomic E-state index is 0.750. The Hall–Kier alpha value is -1.24. The molecule has 0 spiro atoms. The zero-order chi connectivity index (χ0) is 49.8. The molecule has 68 heavy (non-hydrogen) atoms. The zero-order valence-corrected chi connectivity index (χ0v) is 35.6. The normalized spacial score (nSPS) is 55.4. The highest BCUT2D eigenvalue weighted by atomic mass is 16.8. The Labute approximate surface area is 383 Å². The predicted molar refractivity (Wildman–Crippen MR) is 204 cm³/mol. The topological polar surface area (TPSA) is 512 Å². The molecule has 0 amide bonds. The fraction of sp³-hybridized carbons (Fsp3) is 1.00. The maximum absolute atomic E-state index is 11.2. The second-order valence-electron chi connectivity index (χ2n) is 17.8. The monoisotopic (exact) mass is 1000 g/mol. The lowest BCUT2D eigenvalue weighted by molar-refractivity contribution is -0.392. The number of aliphatic hydroxyl groups is 20. The first kappa shape index (κ1) is 54.5. The number of hydrogen-bond acceptors (Lipinski definition) is 31. The Balaban J connectivity index is 0.963. The average Bonchev–Trinajstić information content (AvgIpc) is 4.09. The lowest BCUT2D eigenvalue weighted by Gasteiger charge is -2.50. The molecule has 21 N–H and O–H groups in total. The fourth-order valence-corrected chi connectivity index (χ4v) is 9.57. The molecule has 1 saturated carbocycles. The molecule has 7 rings (SSSR count). The molecule has 7 aliphatic rings. The van der Waals surface area contributed by atoms with E-state index < -0.39 is 229 Å². The molecular formula is C37H63NO30. The van der Waals surface area contributed by atoms with Gasteiger partial charge in [-0.3, -0.25) is 0 Å². The lowest BCUT2D eigenvalue weighted by Crippen LogP contribution is -2.71. The van der Waals surface area contributed by atoms with E-state index in [1.54, 1.807) is 0 Å². The van der Waals surface area contributed by atoms with Gasteiger partial charge < -0.3 is 155 Å². The van der Waals surface area contributed by atoms with E-state index in [-0.39, 0.29) is 0 Å². The molecule has 7 fully saturated rings. The van der Waals surface area contributed by atoms with Crippen LogP contribution in [0.2, 0.25) is 0 Å². The number of ether oxygens (including phenoxy) is 10. The van der Waals surface area contributed by atoms with Gasteiger partial charge in [0.15, 0.2) is 31.5 Å². The van der Waals surface area contributed by atoms with Crippen molar-refractivity contribution < 1.29 is 149 Å². The van der Waals surface area contributed by atoms with Gasteiger partial charge in [-0.15, -0.1) is 0 Å². The quantitative estimate of drug-likeness (QED) is 0.0638. The largest absolute Gasteiger partial charge is 0.394 e. The van der Waals surface area contributed by atoms with Crippen LogP contribution in [0.3, 0.4) is 0 Å². The van der Waals surface area contributed by atoms with Crippen molar-refractivity contribution in [1.29, 1.82) is 0 Å². The third-order valence-corrected chi connectivity index (χ3v) is 13.6. The SMILES string of the molecule is OC[C@H]1O[C@H](O[C@H]2[C@H](O)[C@@H](O)[C@@H](O[C@H]3[C@H](O)[C@@H](O)[C@@H](O[C@H]4[C@H](O)[C@@H](O)[C@@H](O[C@H]5[C@H](O)[C@@H](O)C(O)O[C@@H]5CO)O[C@@H]4CO)O[C@@H]3CO)O[C@@H]2CO)[C@H](O)[C@@H](O)C1N[C@@H]1[C@H](O)[C@@H](O)[C@H](O)[C@]2(CO)O[C@H]12. The first-order valence-electron chi connectivity index (χ1n) is 21.7. The summed E-state index contributed by atoms with van der Waals surface area (Å²) in [7, 11) is 0. The van der Waals surface area contributed by atoms with Gasteiger partial charge in [-0.1, -0.05) is 0 Å². The van der Waals surface area contributed by atoms with Crippen LogP contribution in [0.25, 0.3) is 0 Å². The van der Waals surface area contributed by atoms with Gasteiger partial charge in [0.2, 0.25) is 0 Å². The van der Waals surface area contributed by atoms with Gasteiger partial charge in [-0.25, -0.2) is 0 Å². The Kier molecular flexibility index (Phi) is 17.7. The van der Waals surface area contributed by atoms with Gasteiger partial charge in [0.1, 0.15) is 146 Å². The summed E-state index contributed by atoms with van der Waals surface area (Å²) in [5, 5.41) is 214. The van der Waals surface area contributed by atoms with E-state index in [9.17, 15) is 102 Å². The molecule has 1 aliphatic carbocycles. The maximum Gasteiger partial charge on any atom is 0.187 e. The van der Waals surface area contributed by atoms with E-state index in [0.29, 0.717) is 0 Å². The van der Waals surface area contributed by atoms with E-state index >= 15 is 0 Å². The number of epoxide rings is 1. The van der Waals surface area contributed by atoms with Crippen molar-refractivity contribution in [3.8, 4) is 0 Å². The van der Waals surface area contributed by atoms with Crippen LogP contribution in [-0.4, -0.2) is 331 Å². The van der Waals surface area contributed by atoms with Crippen LogP contribution in [0, 0.1) is 0 Å². The molecule has 31 atom stereocenters. The summed E-state index contributed by atoms with van der Waals surface area (Å²) >= 11 is 0. The summed E-state index contributed by atoms with van der Waals surface area (Å²) in [4.78, 5) is 0. The number of hydrogen-bond donors (Lipinski definition) is 21. The van der Waals surface area contributed by atoms with Crippen molar-refractivity contribution in [3.63, 3.8) is 0 Å². The summed E-state index contributed by atoms with van der Waals surface area (Å²) in [5.41, 5.74) is -1.65. The zero-order valence-electron chi connectivity index (χ0n) is 35.6. The minimum Gasteiger partial charge on any atom is -0.394 e. The van der Waals surface area contributed by atoms with E-state index in [1.165, 1.54) is 0 Å². The molecule has 6 saturated heterocycles. The lowest BCUT2D eigenvalue weighted by atomic mass is 9.79. The minimum atomic E-state index is -2.16. The van der Waals surface area contributed by atoms with Crippen LogP contribution in [0.15, 0.2) is 0 Å². The Morgan fingerprint density at radius 1 is 0.353 bits per heavy atom. The van der Waals surface area contributed by atoms with E-state index in [2.05, 4.69) is 5.32 Å². The van der Waals surface area contributed by atoms with Crippen molar-refractivity contribution in [1.82, 2.24) is 5.32 Å². The molecule has 0 bridgehead atoms. The van der Waals surface area contributed by atoms with Crippen LogP contribution in [-0.2, 0) is 47.4 Å². The van der Waals surface area contributed by atoms with E-state index in [4.69, 9.17) is 47.4 Å². The molecule has 6 heterocycles. The first-order valence-corrected chi connectivity index (χ1v) is 21.7. The molecule has 2 unspecified atom stereocenters. The van der Waals surface area contributed by atoms with Crippen molar-refractivity contribution in [2.45, 2.75) is 190 Å². The van der Waals surface area contributed by atoms with Gasteiger partial charge in [0.05, 0.1) is 51.7 Å². The van der Waals surface area contributed by atoms with Crippen LogP contribution < -0.4 is 5.32 Å². The standard InChI is InChI=1S/C37H63NO30/c39-1-7-12(38-13-15(46)20(51)30(57)37(6-44)31(13)68-37)14(45)22(53)33(60-7)65-27-9(3-41)62-35(24(55)17(27)48)67-29-11(5-43)63-36(25(56)19(29)50)66-28-10(4-42)61-34(23(54)18(28)49)64-26-8(2-40)59-32(58)21(52)16(26)47/h7-36,38-58H,1-6H2/t7-,8-,9-,10-,11-,12?,13-,14+,15+,16-,17-,18-,19-,20-,21-,22-,23-,24-,25-,26-,27-,28-,29-,30+,31-,32?,33-,34-,35-,36-,37+/m1/s1. The highest BCUT2D eigenvalue weighted by Gasteiger charge is 2.72. The molecule has 6 aliphatic heterocycles. The van der Waals surface area contributed by atoms with Crippen LogP contribution in [0.1, 0.15) is 0 Å². The number of aliphatic hydroxyl groups excluding tert-OH is 20. The highest BCUT2D eigenvalue weighted by Crippen LogP contribution is 2.48. The van der Waals surface area contributed by atoms with Gasteiger partial charge >= 0.3 is 0 Å². The van der Waals surface area contributed by atoms with Gasteiger partial charge in [-0.2, -0.15) is 0 Å². The van der Waals surface area contributed by atoms with Crippen LogP contribution in [0.5, 0.6) is 0 Å². The van der Waals surface area contributed by atoms with Gasteiger partial charge in [-0.05, 0) is 0 Å². The summed E-state index contributed by atoms with van der Waals surface area (Å²) in [6.45, 7) is -5.47. The average molecular weight is 1000 g/mol. The summed E-state index contributed by atoms with van der Waals surface area (Å²) in [6.07, 6.45) is -51.6. The van der Waals surface area contributed by atoms with E-state index in [1.807, 2.05) is 0 Å². The predicted octanol–water partition coefficient (Wildman–Crippen LogP) is -14.7. The molecule has 0 aromatic rings. The van der Waals surface area contributed by atoms with Crippen molar-refractivity contribution in [3.05, 3.63) is 0 Å². The smallest absolute Gasteiger partial charge is 0.187 e. The Morgan fingerprint density at radius 3 is 1.04 bits per heavy atom. The fourth-order valence-electron chi connectivity index (χ4n) is 9.57. The Bertz CT molecular complexity index is 1610. The van der Waals surface area contributed by atoms with Crippen molar-refractivity contribution in [2.75, 3.05) is 39.6 Å². The van der Waals surface area contributed by atoms with E-state index in [0.717, 1.165) is 0 Å². The van der Waals surface area contributed by atoms with Crippen molar-refractivity contribution >= 4 is 0 Å². The molecule has 31 nitrogen and oxygen atoms in total. The molecule has 31 heteroatoms. The maximum atomic E-state index is 11.2. The highest BCUT2D eigenvalue weighted by molar-refractivity contribution is 5.22. The number of fused-ring (bicyclic) bond motifs is 1. The third kappa shape index (κ3) is 9.94. The second-order valence-corrected chi connectivity index (χ2v) is 17.8. The second kappa shape index (κ2) is 22.1. The summed E-state index contributed by atoms with van der Waals surface area (Å²) in [6, 6.07) is -2.71. The van der Waals surface area contributed by atoms with Gasteiger partial charge in [0.25, 0.3) is 0 Å². The number of nitrogens with one attached hydrogen (secondary N) is 1. The third-order valence-electron chi connectivity index (χ3n) is 13.6. The summed E-state index contributed by atoms with van der Waals surface area (Å²) in [5.74, 6) is 0. The molecular weight excluding hydrogens is 938 g/mol.